The van der Waals surface area contributed by atoms with E-state index in [0.29, 0.717) is 11.8 Å². The highest BCUT2D eigenvalue weighted by molar-refractivity contribution is 7.99. The molecule has 2 heterocycles. The minimum atomic E-state index is 0.141. The molecule has 84 valence electrons. The summed E-state index contributed by atoms with van der Waals surface area (Å²) in [5.41, 5.74) is 0. The number of hydrogen-bond donors (Lipinski definition) is 1. The summed E-state index contributed by atoms with van der Waals surface area (Å²) in [6.07, 6.45) is 2.46. The molecule has 1 aromatic rings. The fourth-order valence-corrected chi connectivity index (χ4v) is 2.79. The highest BCUT2D eigenvalue weighted by Crippen LogP contribution is 2.29. The molecule has 2 rings (SSSR count). The SMILES string of the molecule is CNC(C)c1nc(C2CCCSC2)no1. The zero-order valence-electron chi connectivity index (χ0n) is 9.19. The number of nitrogens with one attached hydrogen (secondary N) is 1. The van der Waals surface area contributed by atoms with Crippen molar-refractivity contribution in [2.45, 2.75) is 31.7 Å². The zero-order valence-corrected chi connectivity index (χ0v) is 10.0. The molecule has 15 heavy (non-hydrogen) atoms. The van der Waals surface area contributed by atoms with E-state index in [1.54, 1.807) is 0 Å². The maximum atomic E-state index is 5.24. The smallest absolute Gasteiger partial charge is 0.243 e. The Labute approximate surface area is 94.2 Å². The van der Waals surface area contributed by atoms with Gasteiger partial charge < -0.3 is 9.84 Å². The molecule has 1 N–H and O–H groups in total. The molecule has 0 saturated carbocycles. The van der Waals surface area contributed by atoms with Crippen molar-refractivity contribution < 1.29 is 4.52 Å². The summed E-state index contributed by atoms with van der Waals surface area (Å²) in [6, 6.07) is 0.141. The fraction of sp³-hybridized carbons (Fsp3) is 0.800. The third kappa shape index (κ3) is 2.52. The molecule has 0 aromatic carbocycles. The minimum absolute atomic E-state index is 0.141. The Bertz CT molecular complexity index is 309. The van der Waals surface area contributed by atoms with Crippen LogP contribution in [0, 0.1) is 0 Å². The van der Waals surface area contributed by atoms with Crippen LogP contribution in [0.25, 0.3) is 0 Å². The Morgan fingerprint density at radius 3 is 3.13 bits per heavy atom. The summed E-state index contributed by atoms with van der Waals surface area (Å²) >= 11 is 1.98. The van der Waals surface area contributed by atoms with E-state index >= 15 is 0 Å². The molecule has 1 saturated heterocycles. The first-order valence-electron chi connectivity index (χ1n) is 5.39. The Balaban J connectivity index is 2.05. The van der Waals surface area contributed by atoms with Crippen molar-refractivity contribution in [1.82, 2.24) is 15.5 Å². The molecule has 1 aliphatic heterocycles. The normalized spacial score (nSPS) is 24.0. The largest absolute Gasteiger partial charge is 0.338 e. The molecule has 2 unspecified atom stereocenters. The standard InChI is InChI=1S/C10H17N3OS/c1-7(11-2)10-12-9(13-14-10)8-4-3-5-15-6-8/h7-8,11H,3-6H2,1-2H3. The van der Waals surface area contributed by atoms with Crippen LogP contribution in [0.5, 0.6) is 0 Å². The fourth-order valence-electron chi connectivity index (χ4n) is 1.66. The van der Waals surface area contributed by atoms with Crippen molar-refractivity contribution in [2.75, 3.05) is 18.6 Å². The molecule has 0 amide bonds. The Morgan fingerprint density at radius 1 is 1.60 bits per heavy atom. The predicted molar refractivity (Wildman–Crippen MR) is 61.1 cm³/mol. The molecule has 0 radical (unpaired) electrons. The van der Waals surface area contributed by atoms with Crippen LogP contribution in [-0.4, -0.2) is 28.7 Å². The second-order valence-electron chi connectivity index (χ2n) is 3.92. The molecule has 0 spiro atoms. The van der Waals surface area contributed by atoms with Gasteiger partial charge in [-0.3, -0.25) is 0 Å². The van der Waals surface area contributed by atoms with Crippen molar-refractivity contribution in [3.8, 4) is 0 Å². The second-order valence-corrected chi connectivity index (χ2v) is 5.07. The summed E-state index contributed by atoms with van der Waals surface area (Å²) in [5.74, 6) is 4.48. The van der Waals surface area contributed by atoms with Crippen LogP contribution in [-0.2, 0) is 0 Å². The summed E-state index contributed by atoms with van der Waals surface area (Å²) < 4.78 is 5.24. The van der Waals surface area contributed by atoms with Crippen molar-refractivity contribution in [3.63, 3.8) is 0 Å². The van der Waals surface area contributed by atoms with E-state index in [1.807, 2.05) is 25.7 Å². The van der Waals surface area contributed by atoms with Crippen molar-refractivity contribution >= 4 is 11.8 Å². The van der Waals surface area contributed by atoms with Gasteiger partial charge >= 0.3 is 0 Å². The highest BCUT2D eigenvalue weighted by atomic mass is 32.2. The lowest BCUT2D eigenvalue weighted by atomic mass is 10.1. The van der Waals surface area contributed by atoms with E-state index in [0.717, 1.165) is 11.6 Å². The molecule has 0 aliphatic carbocycles. The summed E-state index contributed by atoms with van der Waals surface area (Å²) in [4.78, 5) is 4.45. The first-order valence-corrected chi connectivity index (χ1v) is 6.55. The number of thioether (sulfide) groups is 1. The van der Waals surface area contributed by atoms with Gasteiger partial charge in [-0.2, -0.15) is 16.7 Å². The van der Waals surface area contributed by atoms with Gasteiger partial charge in [0, 0.05) is 11.7 Å². The van der Waals surface area contributed by atoms with E-state index in [9.17, 15) is 0 Å². The minimum Gasteiger partial charge on any atom is -0.338 e. The molecule has 0 bridgehead atoms. The molecular weight excluding hydrogens is 210 g/mol. The van der Waals surface area contributed by atoms with Gasteiger partial charge in [-0.15, -0.1) is 0 Å². The first kappa shape index (κ1) is 11.0. The Kier molecular flexibility index (Phi) is 3.64. The van der Waals surface area contributed by atoms with Crippen LogP contribution in [0.1, 0.15) is 43.4 Å². The monoisotopic (exact) mass is 227 g/mol. The van der Waals surface area contributed by atoms with Gasteiger partial charge in [0.1, 0.15) is 0 Å². The zero-order chi connectivity index (χ0) is 10.7. The van der Waals surface area contributed by atoms with Crippen LogP contribution in [0.15, 0.2) is 4.52 Å². The van der Waals surface area contributed by atoms with E-state index in [1.165, 1.54) is 18.6 Å². The Hall–Kier alpha value is -0.550. The van der Waals surface area contributed by atoms with Crippen molar-refractivity contribution in [2.24, 2.45) is 0 Å². The van der Waals surface area contributed by atoms with E-state index in [2.05, 4.69) is 15.5 Å². The number of aromatic nitrogens is 2. The van der Waals surface area contributed by atoms with E-state index in [4.69, 9.17) is 4.52 Å². The second kappa shape index (κ2) is 4.99. The van der Waals surface area contributed by atoms with Gasteiger partial charge in [-0.25, -0.2) is 0 Å². The lowest BCUT2D eigenvalue weighted by molar-refractivity contribution is 0.341. The summed E-state index contributed by atoms with van der Waals surface area (Å²) in [5, 5.41) is 7.17. The molecule has 1 aliphatic rings. The third-order valence-corrected chi connectivity index (χ3v) is 4.00. The van der Waals surface area contributed by atoms with Crippen LogP contribution in [0.3, 0.4) is 0 Å². The lowest BCUT2D eigenvalue weighted by Gasteiger charge is -2.17. The molecule has 1 fully saturated rings. The van der Waals surface area contributed by atoms with Crippen LogP contribution >= 0.6 is 11.8 Å². The van der Waals surface area contributed by atoms with Crippen LogP contribution < -0.4 is 5.32 Å². The topological polar surface area (TPSA) is 51.0 Å². The van der Waals surface area contributed by atoms with Gasteiger partial charge in [0.05, 0.1) is 6.04 Å². The van der Waals surface area contributed by atoms with Gasteiger partial charge in [0.2, 0.25) is 5.89 Å². The van der Waals surface area contributed by atoms with E-state index < -0.39 is 0 Å². The maximum Gasteiger partial charge on any atom is 0.243 e. The first-order chi connectivity index (χ1) is 7.31. The molecular formula is C10H17N3OS. The van der Waals surface area contributed by atoms with Crippen LogP contribution in [0.4, 0.5) is 0 Å². The van der Waals surface area contributed by atoms with Crippen molar-refractivity contribution in [1.29, 1.82) is 0 Å². The summed E-state index contributed by atoms with van der Waals surface area (Å²) in [6.45, 7) is 2.02. The van der Waals surface area contributed by atoms with Gasteiger partial charge in [0.25, 0.3) is 0 Å². The van der Waals surface area contributed by atoms with E-state index in [-0.39, 0.29) is 6.04 Å². The molecule has 1 aromatic heterocycles. The van der Waals surface area contributed by atoms with Crippen molar-refractivity contribution in [3.05, 3.63) is 11.7 Å². The Morgan fingerprint density at radius 2 is 2.47 bits per heavy atom. The number of nitrogens with zero attached hydrogens (tertiary/aromatic N) is 2. The number of rotatable bonds is 3. The van der Waals surface area contributed by atoms with Crippen LogP contribution in [0.2, 0.25) is 0 Å². The molecule has 5 heteroatoms. The molecule has 2 atom stereocenters. The van der Waals surface area contributed by atoms with Gasteiger partial charge in [0.15, 0.2) is 5.82 Å². The highest BCUT2D eigenvalue weighted by Gasteiger charge is 2.22. The average Bonchev–Trinajstić information content (AvgIpc) is 2.78. The summed E-state index contributed by atoms with van der Waals surface area (Å²) in [7, 11) is 1.89. The quantitative estimate of drug-likeness (QED) is 0.855. The third-order valence-electron chi connectivity index (χ3n) is 2.79. The maximum absolute atomic E-state index is 5.24. The number of hydrogen-bond acceptors (Lipinski definition) is 5. The van der Waals surface area contributed by atoms with Gasteiger partial charge in [-0.1, -0.05) is 5.16 Å². The predicted octanol–water partition coefficient (Wildman–Crippen LogP) is 1.96. The molecule has 4 nitrogen and oxygen atoms in total. The van der Waals surface area contributed by atoms with Gasteiger partial charge in [-0.05, 0) is 32.6 Å². The lowest BCUT2D eigenvalue weighted by Crippen LogP contribution is -2.13. The average molecular weight is 227 g/mol.